The molecule has 3 N–H and O–H groups in total. The molecule has 5 rings (SSSR count). The Balaban J connectivity index is 1.51. The van der Waals surface area contributed by atoms with Crippen LogP contribution in [0.2, 0.25) is 0 Å². The number of fused-ring (bicyclic) bond motifs is 1. The first-order valence-corrected chi connectivity index (χ1v) is 12.6. The largest absolute Gasteiger partial charge is 0.378 e. The van der Waals surface area contributed by atoms with Crippen molar-refractivity contribution in [3.05, 3.63) is 36.2 Å². The number of halogens is 1. The third-order valence-electron chi connectivity index (χ3n) is 7.56. The lowest BCUT2D eigenvalue weighted by atomic mass is 9.99. The Kier molecular flexibility index (Phi) is 6.24. The topological polar surface area (TPSA) is 93.1 Å². The predicted molar refractivity (Wildman–Crippen MR) is 135 cm³/mol. The molecule has 3 aromatic rings. The van der Waals surface area contributed by atoms with Crippen LogP contribution in [-0.4, -0.2) is 54.8 Å². The number of aliphatic hydroxyl groups is 1. The number of hydrogen-bond acceptors (Lipinski definition) is 6. The van der Waals surface area contributed by atoms with Crippen molar-refractivity contribution in [2.45, 2.75) is 58.1 Å². The van der Waals surface area contributed by atoms with Gasteiger partial charge in [-0.2, -0.15) is 0 Å². The number of rotatable bonds is 7. The first kappa shape index (κ1) is 23.7. The molecule has 0 spiro atoms. The van der Waals surface area contributed by atoms with Crippen LogP contribution in [0.3, 0.4) is 0 Å². The van der Waals surface area contributed by atoms with E-state index in [0.717, 1.165) is 49.6 Å². The van der Waals surface area contributed by atoms with Gasteiger partial charge >= 0.3 is 0 Å². The number of pyridine rings is 1. The Labute approximate surface area is 205 Å². The number of hydrogen-bond donors (Lipinski definition) is 2. The van der Waals surface area contributed by atoms with Crippen molar-refractivity contribution >= 4 is 16.9 Å². The van der Waals surface area contributed by atoms with Gasteiger partial charge in [0, 0.05) is 36.8 Å². The maximum atomic E-state index is 14.8. The Morgan fingerprint density at radius 2 is 1.97 bits per heavy atom. The minimum atomic E-state index is -1.02. The van der Waals surface area contributed by atoms with Crippen LogP contribution in [0.5, 0.6) is 0 Å². The summed E-state index contributed by atoms with van der Waals surface area (Å²) >= 11 is 0. The van der Waals surface area contributed by atoms with Crippen molar-refractivity contribution in [2.24, 2.45) is 11.8 Å². The standard InChI is InChI=1S/C27H33FN6O/c1-4-17(5-2)13-33-14-20(15-33)34-16-22(25-23(28)11-31-26(29)32-25)21-10-19(30-12-24(21)34)8-9-27(3,35)18-6-7-18/h10-12,16-18,20,35H,4-7,13-15H2,1-3H3,(H2,29,31,32). The third kappa shape index (κ3) is 4.75. The second kappa shape index (κ2) is 9.21. The van der Waals surface area contributed by atoms with Crippen molar-refractivity contribution in [3.8, 4) is 23.1 Å². The molecule has 4 heterocycles. The summed E-state index contributed by atoms with van der Waals surface area (Å²) in [5.41, 5.74) is 7.02. The van der Waals surface area contributed by atoms with Crippen LogP contribution in [0, 0.1) is 29.5 Å². The number of anilines is 1. The summed E-state index contributed by atoms with van der Waals surface area (Å²) in [7, 11) is 0. The van der Waals surface area contributed by atoms with Crippen molar-refractivity contribution in [1.82, 2.24) is 24.4 Å². The van der Waals surface area contributed by atoms with E-state index in [0.29, 0.717) is 17.2 Å². The zero-order chi connectivity index (χ0) is 24.7. The Morgan fingerprint density at radius 3 is 2.66 bits per heavy atom. The summed E-state index contributed by atoms with van der Waals surface area (Å²) in [5, 5.41) is 11.4. The van der Waals surface area contributed by atoms with Gasteiger partial charge in [-0.05, 0) is 43.6 Å². The second-order valence-electron chi connectivity index (χ2n) is 10.2. The molecule has 1 saturated heterocycles. The quantitative estimate of drug-likeness (QED) is 0.501. The van der Waals surface area contributed by atoms with Crippen molar-refractivity contribution in [2.75, 3.05) is 25.4 Å². The average molecular weight is 477 g/mol. The van der Waals surface area contributed by atoms with E-state index in [1.807, 2.05) is 12.3 Å². The summed E-state index contributed by atoms with van der Waals surface area (Å²) in [5.74, 6) is 6.44. The molecule has 0 amide bonds. The van der Waals surface area contributed by atoms with Crippen molar-refractivity contribution in [3.63, 3.8) is 0 Å². The second-order valence-corrected chi connectivity index (χ2v) is 10.2. The molecule has 0 bridgehead atoms. The van der Waals surface area contributed by atoms with Gasteiger partial charge in [-0.3, -0.25) is 4.90 Å². The van der Waals surface area contributed by atoms with Gasteiger partial charge in [0.2, 0.25) is 5.95 Å². The van der Waals surface area contributed by atoms with Crippen molar-refractivity contribution < 1.29 is 9.50 Å². The number of likely N-dealkylation sites (tertiary alicyclic amines) is 1. The molecule has 2 aliphatic rings. The maximum absolute atomic E-state index is 14.8. The van der Waals surface area contributed by atoms with E-state index in [9.17, 15) is 9.50 Å². The van der Waals surface area contributed by atoms with E-state index in [-0.39, 0.29) is 23.6 Å². The van der Waals surface area contributed by atoms with Crippen LogP contribution in [0.4, 0.5) is 10.3 Å². The molecule has 8 heteroatoms. The fourth-order valence-corrected chi connectivity index (χ4v) is 4.99. The third-order valence-corrected chi connectivity index (χ3v) is 7.56. The van der Waals surface area contributed by atoms with Gasteiger partial charge in [-0.25, -0.2) is 19.3 Å². The van der Waals surface area contributed by atoms with Gasteiger partial charge in [0.25, 0.3) is 0 Å². The van der Waals surface area contributed by atoms with Gasteiger partial charge in [0.05, 0.1) is 24.0 Å². The van der Waals surface area contributed by atoms with Gasteiger partial charge in [0.1, 0.15) is 17.0 Å². The fraction of sp³-hybridized carbons (Fsp3) is 0.519. The molecule has 7 nitrogen and oxygen atoms in total. The highest BCUT2D eigenvalue weighted by molar-refractivity contribution is 5.95. The SMILES string of the molecule is CCC(CC)CN1CC(n2cc(-c3nc(N)ncc3F)c3cc(C#CC(C)(O)C4CC4)ncc32)C1. The molecule has 3 aromatic heterocycles. The Hall–Kier alpha value is -3.02. The molecule has 1 saturated carbocycles. The smallest absolute Gasteiger partial charge is 0.220 e. The number of nitrogen functional groups attached to an aromatic ring is 1. The van der Waals surface area contributed by atoms with Gasteiger partial charge in [-0.15, -0.1) is 0 Å². The van der Waals surface area contributed by atoms with E-state index in [2.05, 4.69) is 50.1 Å². The van der Waals surface area contributed by atoms with Crippen LogP contribution < -0.4 is 5.73 Å². The minimum absolute atomic E-state index is 0.0249. The first-order valence-electron chi connectivity index (χ1n) is 12.6. The van der Waals surface area contributed by atoms with Crippen LogP contribution in [0.1, 0.15) is 58.2 Å². The molecular weight excluding hydrogens is 443 g/mol. The zero-order valence-corrected chi connectivity index (χ0v) is 20.6. The Morgan fingerprint density at radius 1 is 1.23 bits per heavy atom. The summed E-state index contributed by atoms with van der Waals surface area (Å²) < 4.78 is 17.0. The van der Waals surface area contributed by atoms with E-state index >= 15 is 0 Å². The summed E-state index contributed by atoms with van der Waals surface area (Å²) in [4.78, 5) is 15.0. The van der Waals surface area contributed by atoms with Crippen LogP contribution in [-0.2, 0) is 0 Å². The summed E-state index contributed by atoms with van der Waals surface area (Å²) in [6.07, 6.45) is 9.20. The summed E-state index contributed by atoms with van der Waals surface area (Å²) in [6, 6.07) is 2.13. The molecule has 0 aromatic carbocycles. The minimum Gasteiger partial charge on any atom is -0.378 e. The van der Waals surface area contributed by atoms with E-state index in [1.54, 1.807) is 13.1 Å². The molecule has 1 atom stereocenters. The molecule has 184 valence electrons. The van der Waals surface area contributed by atoms with Gasteiger partial charge < -0.3 is 15.4 Å². The van der Waals surface area contributed by atoms with Crippen LogP contribution in [0.15, 0.2) is 24.7 Å². The molecule has 1 unspecified atom stereocenters. The lowest BCUT2D eigenvalue weighted by Crippen LogP contribution is -2.49. The van der Waals surface area contributed by atoms with Crippen molar-refractivity contribution in [1.29, 1.82) is 0 Å². The highest BCUT2D eigenvalue weighted by Gasteiger charge is 2.38. The maximum Gasteiger partial charge on any atom is 0.220 e. The fourth-order valence-electron chi connectivity index (χ4n) is 4.99. The summed E-state index contributed by atoms with van der Waals surface area (Å²) in [6.45, 7) is 9.23. The lowest BCUT2D eigenvalue weighted by molar-refractivity contribution is 0.0881. The van der Waals surface area contributed by atoms with Gasteiger partial charge in [0.15, 0.2) is 5.82 Å². The van der Waals surface area contributed by atoms with E-state index < -0.39 is 11.4 Å². The highest BCUT2D eigenvalue weighted by atomic mass is 19.1. The lowest BCUT2D eigenvalue weighted by Gasteiger charge is -2.42. The van der Waals surface area contributed by atoms with Crippen LogP contribution in [0.25, 0.3) is 22.2 Å². The highest BCUT2D eigenvalue weighted by Crippen LogP contribution is 2.39. The molecule has 2 fully saturated rings. The van der Waals surface area contributed by atoms with E-state index in [1.165, 1.54) is 12.8 Å². The molecule has 1 aliphatic heterocycles. The number of nitrogens with two attached hydrogens (primary N) is 1. The monoisotopic (exact) mass is 476 g/mol. The molecule has 35 heavy (non-hydrogen) atoms. The average Bonchev–Trinajstić information content (AvgIpc) is 3.62. The zero-order valence-electron chi connectivity index (χ0n) is 20.6. The van der Waals surface area contributed by atoms with Crippen LogP contribution >= 0.6 is 0 Å². The van der Waals surface area contributed by atoms with Gasteiger partial charge in [-0.1, -0.05) is 32.6 Å². The first-order chi connectivity index (χ1) is 16.8. The molecule has 0 radical (unpaired) electrons. The number of nitrogens with zero attached hydrogens (tertiary/aromatic N) is 5. The number of aromatic nitrogens is 4. The molecule has 1 aliphatic carbocycles. The molecular formula is C27H33FN6O. The predicted octanol–water partition coefficient (Wildman–Crippen LogP) is 4.02. The Bertz CT molecular complexity index is 1290. The normalized spacial score (nSPS) is 18.3. The van der Waals surface area contributed by atoms with E-state index in [4.69, 9.17) is 5.73 Å².